The first-order valence-electron chi connectivity index (χ1n) is 7.89. The fraction of sp³-hybridized carbons (Fsp3) is 0.375. The third kappa shape index (κ3) is 3.56. The van der Waals surface area contributed by atoms with Gasteiger partial charge in [0.2, 0.25) is 6.23 Å². The topological polar surface area (TPSA) is 127 Å². The van der Waals surface area contributed by atoms with E-state index in [1.54, 1.807) is 13.0 Å². The highest BCUT2D eigenvalue weighted by Crippen LogP contribution is 2.41. The largest absolute Gasteiger partial charge is 0.394 e. The summed E-state index contributed by atoms with van der Waals surface area (Å²) < 4.78 is 33.6. The lowest BCUT2D eigenvalue weighted by Gasteiger charge is -2.21. The molecule has 1 aliphatic heterocycles. The van der Waals surface area contributed by atoms with E-state index in [0.717, 1.165) is 17.8 Å². The lowest BCUT2D eigenvalue weighted by atomic mass is 10.1. The maximum Gasteiger partial charge on any atom is 0.351 e. The molecule has 3 atom stereocenters. The van der Waals surface area contributed by atoms with Crippen LogP contribution >= 0.6 is 0 Å². The molecule has 2 aromatic rings. The molecule has 0 spiro atoms. The first kappa shape index (κ1) is 19.0. The van der Waals surface area contributed by atoms with Gasteiger partial charge in [-0.2, -0.15) is 13.8 Å². The minimum Gasteiger partial charge on any atom is -0.394 e. The van der Waals surface area contributed by atoms with Gasteiger partial charge < -0.3 is 20.3 Å². The van der Waals surface area contributed by atoms with Crippen molar-refractivity contribution in [2.75, 3.05) is 11.9 Å². The Bertz CT molecular complexity index is 902. The number of aliphatic hydroxyl groups is 2. The molecule has 0 aromatic carbocycles. The molecule has 0 aliphatic carbocycles. The Balaban J connectivity index is 1.81. The summed E-state index contributed by atoms with van der Waals surface area (Å²) in [6, 6.07) is 4.29. The number of hydrogen-bond acceptors (Lipinski definition) is 7. The SMILES string of the molecule is Cc1ccc(C(=O)Nc2ccn([C@@H]3O[C@H](CO)[C@@H](O)C3(F)F)c(=O)n2)nc1. The highest BCUT2D eigenvalue weighted by Gasteiger charge is 2.59. The lowest BCUT2D eigenvalue weighted by Crippen LogP contribution is -2.41. The molecule has 144 valence electrons. The van der Waals surface area contributed by atoms with E-state index in [2.05, 4.69) is 15.3 Å². The van der Waals surface area contributed by atoms with Gasteiger partial charge in [-0.25, -0.2) is 4.79 Å². The second kappa shape index (κ2) is 7.10. The minimum atomic E-state index is -3.81. The zero-order valence-electron chi connectivity index (χ0n) is 14.0. The fourth-order valence-corrected chi connectivity index (χ4v) is 2.56. The van der Waals surface area contributed by atoms with Gasteiger partial charge in [-0.05, 0) is 24.6 Å². The van der Waals surface area contributed by atoms with Crippen LogP contribution in [0.3, 0.4) is 0 Å². The van der Waals surface area contributed by atoms with Crippen LogP contribution in [0.4, 0.5) is 14.6 Å². The van der Waals surface area contributed by atoms with Crippen molar-refractivity contribution in [3.05, 3.63) is 52.3 Å². The van der Waals surface area contributed by atoms with Gasteiger partial charge in [0.05, 0.1) is 6.61 Å². The number of hydrogen-bond donors (Lipinski definition) is 3. The number of carbonyl (C=O) groups is 1. The van der Waals surface area contributed by atoms with Crippen molar-refractivity contribution in [3.8, 4) is 0 Å². The van der Waals surface area contributed by atoms with E-state index in [4.69, 9.17) is 9.84 Å². The zero-order chi connectivity index (χ0) is 19.8. The Kier molecular flexibility index (Phi) is 5.00. The molecule has 2 aromatic heterocycles. The first-order valence-corrected chi connectivity index (χ1v) is 7.89. The van der Waals surface area contributed by atoms with Gasteiger partial charge in [-0.3, -0.25) is 14.3 Å². The van der Waals surface area contributed by atoms with Crippen LogP contribution < -0.4 is 11.0 Å². The van der Waals surface area contributed by atoms with E-state index >= 15 is 0 Å². The highest BCUT2D eigenvalue weighted by molar-refractivity contribution is 6.02. The number of halogens is 2. The van der Waals surface area contributed by atoms with E-state index in [9.17, 15) is 23.5 Å². The van der Waals surface area contributed by atoms with Crippen molar-refractivity contribution < 1.29 is 28.5 Å². The molecule has 1 fully saturated rings. The highest BCUT2D eigenvalue weighted by atomic mass is 19.3. The third-order valence-electron chi connectivity index (χ3n) is 4.03. The van der Waals surface area contributed by atoms with Gasteiger partial charge in [0, 0.05) is 12.4 Å². The van der Waals surface area contributed by atoms with Crippen molar-refractivity contribution in [1.29, 1.82) is 0 Å². The number of aromatic nitrogens is 3. The summed E-state index contributed by atoms with van der Waals surface area (Å²) >= 11 is 0. The molecule has 3 heterocycles. The molecule has 1 amide bonds. The monoisotopic (exact) mass is 382 g/mol. The Labute approximate surface area is 151 Å². The van der Waals surface area contributed by atoms with Crippen LogP contribution in [0, 0.1) is 6.92 Å². The van der Waals surface area contributed by atoms with Crippen LogP contribution in [-0.4, -0.2) is 55.4 Å². The number of pyridine rings is 1. The number of nitrogens with one attached hydrogen (secondary N) is 1. The second-order valence-electron chi connectivity index (χ2n) is 6.01. The number of anilines is 1. The van der Waals surface area contributed by atoms with Gasteiger partial charge >= 0.3 is 11.6 Å². The molecule has 1 saturated heterocycles. The average molecular weight is 382 g/mol. The van der Waals surface area contributed by atoms with Crippen molar-refractivity contribution >= 4 is 11.7 Å². The molecule has 3 N–H and O–H groups in total. The number of rotatable bonds is 4. The standard InChI is InChI=1S/C16H16F2N4O5/c1-8-2-3-9(19-6-8)13(25)20-11-4-5-22(15(26)21-11)14-16(17,18)12(24)10(7-23)27-14/h2-6,10,12,14,23-24H,7H2,1H3,(H,20,21,25,26)/t10-,12-,14-/m1/s1. The molecule has 3 rings (SSSR count). The Hall–Kier alpha value is -2.76. The molecule has 0 radical (unpaired) electrons. The summed E-state index contributed by atoms with van der Waals surface area (Å²) in [5, 5.41) is 20.9. The normalized spacial score (nSPS) is 24.0. The lowest BCUT2D eigenvalue weighted by molar-refractivity contribution is -0.140. The zero-order valence-corrected chi connectivity index (χ0v) is 14.0. The van der Waals surface area contributed by atoms with Gasteiger partial charge in [0.25, 0.3) is 5.91 Å². The van der Waals surface area contributed by atoms with Gasteiger partial charge in [-0.1, -0.05) is 6.07 Å². The summed E-state index contributed by atoms with van der Waals surface area (Å²) in [6.07, 6.45) is -3.50. The number of amides is 1. The molecule has 0 unspecified atom stereocenters. The van der Waals surface area contributed by atoms with Crippen LogP contribution in [0.15, 0.2) is 35.4 Å². The molecule has 1 aliphatic rings. The molecule has 11 heteroatoms. The molecule has 0 bridgehead atoms. The van der Waals surface area contributed by atoms with Crippen molar-refractivity contribution in [3.63, 3.8) is 0 Å². The molecule has 27 heavy (non-hydrogen) atoms. The summed E-state index contributed by atoms with van der Waals surface area (Å²) in [4.78, 5) is 31.6. The molecule has 9 nitrogen and oxygen atoms in total. The number of carbonyl (C=O) groups excluding carboxylic acids is 1. The molecule has 0 saturated carbocycles. The molecular formula is C16H16F2N4O5. The number of ether oxygens (including phenoxy) is 1. The van der Waals surface area contributed by atoms with E-state index in [-0.39, 0.29) is 11.5 Å². The number of aryl methyl sites for hydroxylation is 1. The van der Waals surface area contributed by atoms with Crippen LogP contribution in [-0.2, 0) is 4.74 Å². The van der Waals surface area contributed by atoms with Gasteiger partial charge in [0.1, 0.15) is 17.6 Å². The first-order chi connectivity index (χ1) is 12.7. The second-order valence-corrected chi connectivity index (χ2v) is 6.01. The quantitative estimate of drug-likeness (QED) is 0.684. The van der Waals surface area contributed by atoms with Crippen LogP contribution in [0.1, 0.15) is 22.3 Å². The minimum absolute atomic E-state index is 0.0890. The predicted molar refractivity (Wildman–Crippen MR) is 87.4 cm³/mol. The third-order valence-corrected chi connectivity index (χ3v) is 4.03. The van der Waals surface area contributed by atoms with E-state index in [0.29, 0.717) is 4.57 Å². The van der Waals surface area contributed by atoms with Crippen molar-refractivity contribution in [2.45, 2.75) is 31.3 Å². The molecular weight excluding hydrogens is 366 g/mol. The van der Waals surface area contributed by atoms with Crippen LogP contribution in [0.5, 0.6) is 0 Å². The summed E-state index contributed by atoms with van der Waals surface area (Å²) in [7, 11) is 0. The predicted octanol–water partition coefficient (Wildman–Crippen LogP) is 0.0849. The van der Waals surface area contributed by atoms with Gasteiger partial charge in [0.15, 0.2) is 6.10 Å². The van der Waals surface area contributed by atoms with E-state index in [1.165, 1.54) is 12.3 Å². The van der Waals surface area contributed by atoms with Crippen molar-refractivity contribution in [1.82, 2.24) is 14.5 Å². The van der Waals surface area contributed by atoms with Crippen molar-refractivity contribution in [2.24, 2.45) is 0 Å². The Morgan fingerprint density at radius 2 is 2.15 bits per heavy atom. The maximum absolute atomic E-state index is 14.1. The smallest absolute Gasteiger partial charge is 0.351 e. The number of aliphatic hydroxyl groups excluding tert-OH is 2. The fourth-order valence-electron chi connectivity index (χ4n) is 2.56. The van der Waals surface area contributed by atoms with Crippen LogP contribution in [0.25, 0.3) is 0 Å². The Morgan fingerprint density at radius 1 is 1.41 bits per heavy atom. The average Bonchev–Trinajstić information content (AvgIpc) is 2.85. The maximum atomic E-state index is 14.1. The summed E-state index contributed by atoms with van der Waals surface area (Å²) in [5.74, 6) is -4.60. The summed E-state index contributed by atoms with van der Waals surface area (Å²) in [5.41, 5.74) is -0.181. The number of alkyl halides is 2. The van der Waals surface area contributed by atoms with E-state index in [1.807, 2.05) is 0 Å². The summed E-state index contributed by atoms with van der Waals surface area (Å²) in [6.45, 7) is 0.960. The number of nitrogens with zero attached hydrogens (tertiary/aromatic N) is 3. The van der Waals surface area contributed by atoms with Gasteiger partial charge in [-0.15, -0.1) is 0 Å². The van der Waals surface area contributed by atoms with E-state index < -0.39 is 42.6 Å². The van der Waals surface area contributed by atoms with Crippen LogP contribution in [0.2, 0.25) is 0 Å². The Morgan fingerprint density at radius 3 is 2.70 bits per heavy atom.